The van der Waals surface area contributed by atoms with Crippen LogP contribution in [0.5, 0.6) is 0 Å². The second kappa shape index (κ2) is 5.35. The molecule has 0 fully saturated rings. The van der Waals surface area contributed by atoms with Crippen molar-refractivity contribution in [1.29, 1.82) is 0 Å². The molecular formula is C11H23NO2. The average molecular weight is 201 g/mol. The summed E-state index contributed by atoms with van der Waals surface area (Å²) in [5.41, 5.74) is -0.779. The maximum atomic E-state index is 11.1. The molecule has 0 heterocycles. The highest BCUT2D eigenvalue weighted by Crippen LogP contribution is 2.17. The molecular weight excluding hydrogens is 178 g/mol. The molecule has 84 valence electrons. The third-order valence-corrected chi connectivity index (χ3v) is 2.30. The van der Waals surface area contributed by atoms with Gasteiger partial charge in [-0.15, -0.1) is 0 Å². The molecule has 2 N–H and O–H groups in total. The van der Waals surface area contributed by atoms with Gasteiger partial charge in [0.1, 0.15) is 5.54 Å². The molecule has 1 unspecified atom stereocenters. The second-order valence-electron chi connectivity index (χ2n) is 4.87. The lowest BCUT2D eigenvalue weighted by Crippen LogP contribution is -2.52. The molecule has 0 bridgehead atoms. The molecule has 0 aromatic rings. The second-order valence-corrected chi connectivity index (χ2v) is 4.87. The normalized spacial score (nSPS) is 15.9. The van der Waals surface area contributed by atoms with Gasteiger partial charge in [0, 0.05) is 6.04 Å². The van der Waals surface area contributed by atoms with Crippen molar-refractivity contribution in [3.05, 3.63) is 0 Å². The van der Waals surface area contributed by atoms with Gasteiger partial charge in [0.15, 0.2) is 0 Å². The smallest absolute Gasteiger partial charge is 0.323 e. The maximum Gasteiger partial charge on any atom is 0.323 e. The Bertz CT molecular complexity index is 190. The van der Waals surface area contributed by atoms with Crippen molar-refractivity contribution in [1.82, 2.24) is 5.32 Å². The summed E-state index contributed by atoms with van der Waals surface area (Å²) >= 11 is 0. The molecule has 0 radical (unpaired) electrons. The van der Waals surface area contributed by atoms with Crippen LogP contribution in [0.3, 0.4) is 0 Å². The Morgan fingerprint density at radius 1 is 1.36 bits per heavy atom. The van der Waals surface area contributed by atoms with Crippen LogP contribution >= 0.6 is 0 Å². The summed E-state index contributed by atoms with van der Waals surface area (Å²) in [5.74, 6) is -0.213. The fourth-order valence-corrected chi connectivity index (χ4v) is 1.46. The van der Waals surface area contributed by atoms with E-state index in [1.807, 2.05) is 13.8 Å². The molecule has 0 saturated heterocycles. The highest BCUT2D eigenvalue weighted by atomic mass is 16.4. The number of carbonyl (C=O) groups is 1. The Labute approximate surface area is 86.9 Å². The zero-order valence-electron chi connectivity index (χ0n) is 9.92. The number of carboxylic acid groups (broad SMARTS) is 1. The minimum Gasteiger partial charge on any atom is -0.480 e. The lowest BCUT2D eigenvalue weighted by atomic mass is 9.91. The summed E-state index contributed by atoms with van der Waals surface area (Å²) in [6, 6.07) is 0.197. The molecule has 3 nitrogen and oxygen atoms in total. The highest BCUT2D eigenvalue weighted by molar-refractivity contribution is 5.78. The summed E-state index contributed by atoms with van der Waals surface area (Å²) in [5, 5.41) is 12.2. The van der Waals surface area contributed by atoms with E-state index in [0.29, 0.717) is 12.3 Å². The number of carboxylic acids is 1. The van der Waals surface area contributed by atoms with Gasteiger partial charge >= 0.3 is 5.97 Å². The van der Waals surface area contributed by atoms with Crippen LogP contribution in [0.25, 0.3) is 0 Å². The third-order valence-electron chi connectivity index (χ3n) is 2.30. The first-order valence-electron chi connectivity index (χ1n) is 5.29. The zero-order valence-corrected chi connectivity index (χ0v) is 9.92. The number of aliphatic carboxylic acids is 1. The number of nitrogens with one attached hydrogen (secondary N) is 1. The van der Waals surface area contributed by atoms with Crippen molar-refractivity contribution in [2.24, 2.45) is 5.92 Å². The maximum absolute atomic E-state index is 11.1. The Balaban J connectivity index is 4.32. The number of hydrogen-bond donors (Lipinski definition) is 2. The number of hydrogen-bond acceptors (Lipinski definition) is 2. The van der Waals surface area contributed by atoms with E-state index in [0.717, 1.165) is 6.42 Å². The largest absolute Gasteiger partial charge is 0.480 e. The fraction of sp³-hybridized carbons (Fsp3) is 0.909. The predicted octanol–water partition coefficient (Wildman–Crippen LogP) is 2.26. The van der Waals surface area contributed by atoms with Crippen LogP contribution in [-0.2, 0) is 4.79 Å². The Kier molecular flexibility index (Phi) is 5.13. The van der Waals surface area contributed by atoms with Gasteiger partial charge in [-0.25, -0.2) is 0 Å². The standard InChI is InChI=1S/C11H23NO2/c1-8(2)6-7-11(5,10(13)14)12-9(3)4/h8-9,12H,6-7H2,1-5H3,(H,13,14). The summed E-state index contributed by atoms with van der Waals surface area (Å²) in [4.78, 5) is 11.1. The molecule has 0 aliphatic carbocycles. The summed E-state index contributed by atoms with van der Waals surface area (Å²) < 4.78 is 0. The molecule has 3 heteroatoms. The van der Waals surface area contributed by atoms with Crippen LogP contribution < -0.4 is 5.32 Å². The quantitative estimate of drug-likeness (QED) is 0.693. The summed E-state index contributed by atoms with van der Waals surface area (Å²) in [6.07, 6.45) is 1.61. The van der Waals surface area contributed by atoms with Crippen molar-refractivity contribution in [3.63, 3.8) is 0 Å². The lowest BCUT2D eigenvalue weighted by Gasteiger charge is -2.29. The van der Waals surface area contributed by atoms with Crippen molar-refractivity contribution in [3.8, 4) is 0 Å². The lowest BCUT2D eigenvalue weighted by molar-refractivity contribution is -0.144. The van der Waals surface area contributed by atoms with Crippen molar-refractivity contribution in [2.75, 3.05) is 0 Å². The Morgan fingerprint density at radius 3 is 2.14 bits per heavy atom. The molecule has 0 saturated carbocycles. The topological polar surface area (TPSA) is 49.3 Å². The van der Waals surface area contributed by atoms with E-state index in [1.54, 1.807) is 6.92 Å². The van der Waals surface area contributed by atoms with Crippen LogP contribution in [0, 0.1) is 5.92 Å². The van der Waals surface area contributed by atoms with Crippen molar-refractivity contribution in [2.45, 2.75) is 59.0 Å². The molecule has 1 atom stereocenters. The predicted molar refractivity (Wildman–Crippen MR) is 58.4 cm³/mol. The van der Waals surface area contributed by atoms with E-state index in [9.17, 15) is 4.79 Å². The van der Waals surface area contributed by atoms with Crippen LogP contribution in [-0.4, -0.2) is 22.7 Å². The van der Waals surface area contributed by atoms with Gasteiger partial charge in [0.05, 0.1) is 0 Å². The third kappa shape index (κ3) is 4.61. The van der Waals surface area contributed by atoms with Gasteiger partial charge in [0.2, 0.25) is 0 Å². The zero-order chi connectivity index (χ0) is 11.4. The molecule has 0 aromatic carbocycles. The average Bonchev–Trinajstić information content (AvgIpc) is 1.99. The van der Waals surface area contributed by atoms with Gasteiger partial charge in [-0.05, 0) is 39.5 Å². The van der Waals surface area contributed by atoms with E-state index in [4.69, 9.17) is 5.11 Å². The van der Waals surface area contributed by atoms with E-state index in [-0.39, 0.29) is 6.04 Å². The first-order chi connectivity index (χ1) is 6.28. The SMILES string of the molecule is CC(C)CCC(C)(NC(C)C)C(=O)O. The van der Waals surface area contributed by atoms with E-state index >= 15 is 0 Å². The Morgan fingerprint density at radius 2 is 1.86 bits per heavy atom. The molecule has 0 aromatic heterocycles. The molecule has 0 rings (SSSR count). The van der Waals surface area contributed by atoms with Crippen molar-refractivity contribution < 1.29 is 9.90 Å². The molecule has 0 aliphatic rings. The monoisotopic (exact) mass is 201 g/mol. The minimum atomic E-state index is -0.779. The van der Waals surface area contributed by atoms with Gasteiger partial charge in [-0.2, -0.15) is 0 Å². The molecule has 0 aliphatic heterocycles. The number of rotatable bonds is 6. The molecule has 14 heavy (non-hydrogen) atoms. The van der Waals surface area contributed by atoms with Gasteiger partial charge in [-0.3, -0.25) is 10.1 Å². The van der Waals surface area contributed by atoms with Gasteiger partial charge in [0.25, 0.3) is 0 Å². The highest BCUT2D eigenvalue weighted by Gasteiger charge is 2.32. The minimum absolute atomic E-state index is 0.197. The van der Waals surface area contributed by atoms with Crippen LogP contribution in [0.2, 0.25) is 0 Å². The first-order valence-corrected chi connectivity index (χ1v) is 5.29. The summed E-state index contributed by atoms with van der Waals surface area (Å²) in [7, 11) is 0. The van der Waals surface area contributed by atoms with Crippen molar-refractivity contribution >= 4 is 5.97 Å². The molecule has 0 spiro atoms. The first kappa shape index (κ1) is 13.4. The van der Waals surface area contributed by atoms with Crippen LogP contribution in [0.1, 0.15) is 47.5 Å². The van der Waals surface area contributed by atoms with Gasteiger partial charge < -0.3 is 5.11 Å². The van der Waals surface area contributed by atoms with E-state index in [1.165, 1.54) is 0 Å². The fourth-order valence-electron chi connectivity index (χ4n) is 1.46. The summed E-state index contributed by atoms with van der Waals surface area (Å²) in [6.45, 7) is 9.92. The van der Waals surface area contributed by atoms with Crippen LogP contribution in [0.4, 0.5) is 0 Å². The van der Waals surface area contributed by atoms with Gasteiger partial charge in [-0.1, -0.05) is 13.8 Å². The van der Waals surface area contributed by atoms with E-state index in [2.05, 4.69) is 19.2 Å². The molecule has 0 amide bonds. The van der Waals surface area contributed by atoms with Crippen LogP contribution in [0.15, 0.2) is 0 Å². The van der Waals surface area contributed by atoms with E-state index < -0.39 is 11.5 Å². The Hall–Kier alpha value is -0.570.